The first kappa shape index (κ1) is 25.5. The van der Waals surface area contributed by atoms with Crippen molar-refractivity contribution in [1.82, 2.24) is 0 Å². The van der Waals surface area contributed by atoms with Crippen LogP contribution >= 0.6 is 11.3 Å². The van der Waals surface area contributed by atoms with Gasteiger partial charge in [0, 0.05) is 28.1 Å². The van der Waals surface area contributed by atoms with Crippen LogP contribution in [-0.2, 0) is 9.53 Å². The van der Waals surface area contributed by atoms with Crippen molar-refractivity contribution in [3.63, 3.8) is 0 Å². The summed E-state index contributed by atoms with van der Waals surface area (Å²) in [6, 6.07) is 24.7. The third-order valence-corrected chi connectivity index (χ3v) is 6.62. The van der Waals surface area contributed by atoms with Gasteiger partial charge >= 0.3 is 5.97 Å². The van der Waals surface area contributed by atoms with E-state index in [0.29, 0.717) is 21.7 Å². The van der Waals surface area contributed by atoms with Crippen molar-refractivity contribution < 1.29 is 19.2 Å². The van der Waals surface area contributed by atoms with Crippen molar-refractivity contribution in [2.45, 2.75) is 13.8 Å². The lowest BCUT2D eigenvalue weighted by Gasteiger charge is -2.11. The molecule has 0 saturated heterocycles. The van der Waals surface area contributed by atoms with E-state index >= 15 is 0 Å². The quantitative estimate of drug-likeness (QED) is 0.0902. The van der Waals surface area contributed by atoms with Gasteiger partial charge in [0.05, 0.1) is 11.5 Å². The monoisotopic (exact) mass is 512 g/mol. The molecule has 186 valence electrons. The van der Waals surface area contributed by atoms with E-state index in [4.69, 9.17) is 4.74 Å². The van der Waals surface area contributed by atoms with E-state index in [1.807, 2.05) is 67.6 Å². The first-order valence-electron chi connectivity index (χ1n) is 11.6. The largest absolute Gasteiger partial charge is 0.462 e. The average molecular weight is 513 g/mol. The van der Waals surface area contributed by atoms with Crippen LogP contribution in [0.15, 0.2) is 84.9 Å². The summed E-state index contributed by atoms with van der Waals surface area (Å²) in [4.78, 5) is 38.1. The zero-order valence-electron chi connectivity index (χ0n) is 20.3. The molecule has 37 heavy (non-hydrogen) atoms. The minimum Gasteiger partial charge on any atom is -0.462 e. The number of non-ortho nitro benzene ring substituents is 1. The highest BCUT2D eigenvalue weighted by atomic mass is 32.1. The molecule has 1 aromatic heterocycles. The number of hydrogen-bond acceptors (Lipinski definition) is 6. The van der Waals surface area contributed by atoms with E-state index in [1.165, 1.54) is 23.5 Å². The van der Waals surface area contributed by atoms with Crippen LogP contribution in [0.1, 0.15) is 33.3 Å². The van der Waals surface area contributed by atoms with Gasteiger partial charge in [-0.05, 0) is 48.7 Å². The third-order valence-electron chi connectivity index (χ3n) is 5.60. The zero-order valence-corrected chi connectivity index (χ0v) is 21.1. The Kier molecular flexibility index (Phi) is 7.90. The maximum Gasteiger partial charge on any atom is 0.341 e. The Labute approximate surface area is 218 Å². The Hall–Kier alpha value is -4.56. The van der Waals surface area contributed by atoms with Crippen LogP contribution in [0, 0.1) is 17.0 Å². The third kappa shape index (κ3) is 5.82. The lowest BCUT2D eigenvalue weighted by Crippen LogP contribution is -2.16. The standard InChI is InChI=1S/C29H24N2O5S/c1-3-36-29(33)26-25(22-14-16-23(17-15-22)31(34)35)19(2)37-28(26)30-27(32)24(21-12-8-5-9-13-21)18-20-10-6-4-7-11-20/h4-18H,3H2,1-2H3,(H,30,32)/b24-18+. The maximum atomic E-state index is 13.6. The van der Waals surface area contributed by atoms with Crippen LogP contribution in [0.25, 0.3) is 22.8 Å². The highest BCUT2D eigenvalue weighted by Gasteiger charge is 2.27. The number of nitrogens with one attached hydrogen (secondary N) is 1. The second-order valence-corrected chi connectivity index (χ2v) is 9.28. The number of carbonyl (C=O) groups is 2. The van der Waals surface area contributed by atoms with E-state index in [0.717, 1.165) is 16.0 Å². The van der Waals surface area contributed by atoms with E-state index in [1.54, 1.807) is 25.1 Å². The smallest absolute Gasteiger partial charge is 0.341 e. The molecule has 0 aliphatic rings. The molecule has 0 saturated carbocycles. The Bertz CT molecular complexity index is 1460. The number of esters is 1. The highest BCUT2D eigenvalue weighted by molar-refractivity contribution is 7.17. The molecule has 0 radical (unpaired) electrons. The second-order valence-electron chi connectivity index (χ2n) is 8.05. The summed E-state index contributed by atoms with van der Waals surface area (Å²) in [6.45, 7) is 3.69. The minimum absolute atomic E-state index is 0.0543. The van der Waals surface area contributed by atoms with Gasteiger partial charge in [-0.2, -0.15) is 0 Å². The molecule has 4 aromatic rings. The second kappa shape index (κ2) is 11.5. The molecule has 4 rings (SSSR count). The van der Waals surface area contributed by atoms with Gasteiger partial charge in [-0.15, -0.1) is 11.3 Å². The fraction of sp³-hybridized carbons (Fsp3) is 0.103. The molecule has 1 heterocycles. The molecular weight excluding hydrogens is 488 g/mol. The van der Waals surface area contributed by atoms with Gasteiger partial charge in [0.1, 0.15) is 10.6 Å². The lowest BCUT2D eigenvalue weighted by molar-refractivity contribution is -0.384. The van der Waals surface area contributed by atoms with Crippen LogP contribution in [0.2, 0.25) is 0 Å². The van der Waals surface area contributed by atoms with Crippen molar-refractivity contribution in [2.24, 2.45) is 0 Å². The van der Waals surface area contributed by atoms with Crippen molar-refractivity contribution in [3.05, 3.63) is 117 Å². The lowest BCUT2D eigenvalue weighted by atomic mass is 10.00. The number of rotatable bonds is 8. The van der Waals surface area contributed by atoms with Gasteiger partial charge in [0.2, 0.25) is 0 Å². The number of nitro benzene ring substituents is 1. The normalized spacial score (nSPS) is 11.1. The SMILES string of the molecule is CCOC(=O)c1c(NC(=O)/C(=C/c2ccccc2)c2ccccc2)sc(C)c1-c1ccc([N+](=O)[O-])cc1. The van der Waals surface area contributed by atoms with Crippen LogP contribution in [0.4, 0.5) is 10.7 Å². The topological polar surface area (TPSA) is 98.5 Å². The maximum absolute atomic E-state index is 13.6. The molecule has 0 aliphatic heterocycles. The van der Waals surface area contributed by atoms with Gasteiger partial charge in [-0.25, -0.2) is 4.79 Å². The van der Waals surface area contributed by atoms with E-state index in [9.17, 15) is 19.7 Å². The zero-order chi connectivity index (χ0) is 26.4. The predicted molar refractivity (Wildman–Crippen MR) is 146 cm³/mol. The Morgan fingerprint density at radius 2 is 1.59 bits per heavy atom. The number of carbonyl (C=O) groups excluding carboxylic acids is 2. The summed E-state index contributed by atoms with van der Waals surface area (Å²) >= 11 is 1.25. The summed E-state index contributed by atoms with van der Waals surface area (Å²) in [5, 5.41) is 14.4. The molecule has 1 N–H and O–H groups in total. The van der Waals surface area contributed by atoms with Gasteiger partial charge < -0.3 is 10.1 Å². The van der Waals surface area contributed by atoms with Gasteiger partial charge in [0.25, 0.3) is 11.6 Å². The molecule has 8 heteroatoms. The number of hydrogen-bond donors (Lipinski definition) is 1. The number of ether oxygens (including phenoxy) is 1. The summed E-state index contributed by atoms with van der Waals surface area (Å²) in [5.74, 6) is -0.957. The number of nitro groups is 1. The molecular formula is C29H24N2O5S. The average Bonchev–Trinajstić information content (AvgIpc) is 3.23. The van der Waals surface area contributed by atoms with Crippen molar-refractivity contribution >= 4 is 45.6 Å². The van der Waals surface area contributed by atoms with Gasteiger partial charge in [0.15, 0.2) is 0 Å². The Morgan fingerprint density at radius 1 is 0.973 bits per heavy atom. The first-order valence-corrected chi connectivity index (χ1v) is 12.4. The summed E-state index contributed by atoms with van der Waals surface area (Å²) < 4.78 is 5.32. The van der Waals surface area contributed by atoms with Gasteiger partial charge in [-0.1, -0.05) is 60.7 Å². The minimum atomic E-state index is -0.580. The van der Waals surface area contributed by atoms with Gasteiger partial charge in [-0.3, -0.25) is 14.9 Å². The summed E-state index contributed by atoms with van der Waals surface area (Å²) in [6.07, 6.45) is 1.80. The number of aryl methyl sites for hydroxylation is 1. The van der Waals surface area contributed by atoms with Crippen molar-refractivity contribution in [3.8, 4) is 11.1 Å². The molecule has 7 nitrogen and oxygen atoms in total. The van der Waals surface area contributed by atoms with Crippen LogP contribution in [0.5, 0.6) is 0 Å². The fourth-order valence-corrected chi connectivity index (χ4v) is 4.97. The van der Waals surface area contributed by atoms with Crippen LogP contribution < -0.4 is 5.32 Å². The molecule has 0 unspecified atom stereocenters. The summed E-state index contributed by atoms with van der Waals surface area (Å²) in [5.41, 5.74) is 3.37. The van der Waals surface area contributed by atoms with Crippen molar-refractivity contribution in [1.29, 1.82) is 0 Å². The fourth-order valence-electron chi connectivity index (χ4n) is 3.91. The number of benzene rings is 3. The number of nitrogens with zero attached hydrogens (tertiary/aromatic N) is 1. The van der Waals surface area contributed by atoms with E-state index < -0.39 is 10.9 Å². The molecule has 0 atom stereocenters. The molecule has 0 fully saturated rings. The van der Waals surface area contributed by atoms with E-state index in [2.05, 4.69) is 5.32 Å². The van der Waals surface area contributed by atoms with Crippen LogP contribution in [0.3, 0.4) is 0 Å². The Morgan fingerprint density at radius 3 is 2.19 bits per heavy atom. The Balaban J connectivity index is 1.78. The molecule has 0 aliphatic carbocycles. The predicted octanol–water partition coefficient (Wildman–Crippen LogP) is 6.99. The first-order chi connectivity index (χ1) is 17.9. The number of thiophene rings is 1. The molecule has 1 amide bonds. The van der Waals surface area contributed by atoms with Crippen molar-refractivity contribution in [2.75, 3.05) is 11.9 Å². The summed E-state index contributed by atoms with van der Waals surface area (Å²) in [7, 11) is 0. The van der Waals surface area contributed by atoms with E-state index in [-0.39, 0.29) is 23.8 Å². The molecule has 0 spiro atoms. The molecule has 0 bridgehead atoms. The number of amides is 1. The number of anilines is 1. The van der Waals surface area contributed by atoms with Crippen LogP contribution in [-0.4, -0.2) is 23.4 Å². The molecule has 3 aromatic carbocycles. The highest BCUT2D eigenvalue weighted by Crippen LogP contribution is 2.41.